The summed E-state index contributed by atoms with van der Waals surface area (Å²) in [5, 5.41) is 0.806. The van der Waals surface area contributed by atoms with Crippen LogP contribution in [-0.4, -0.2) is 28.2 Å². The number of unbranched alkanes of at least 4 members (excludes halogenated alkanes) is 1. The fourth-order valence-corrected chi connectivity index (χ4v) is 3.93. The summed E-state index contributed by atoms with van der Waals surface area (Å²) in [5.74, 6) is 0. The van der Waals surface area contributed by atoms with Crippen LogP contribution in [-0.2, 0) is 3.07 Å². The van der Waals surface area contributed by atoms with Crippen LogP contribution in [0.5, 0.6) is 0 Å². The van der Waals surface area contributed by atoms with Crippen molar-refractivity contribution in [1.82, 2.24) is 0 Å². The maximum atomic E-state index is 5.75. The van der Waals surface area contributed by atoms with Crippen molar-refractivity contribution in [1.29, 1.82) is 0 Å². The molecular formula is C12H21ClOSn. The third kappa shape index (κ3) is 12.5. The van der Waals surface area contributed by atoms with Crippen LogP contribution in [0.15, 0.2) is 23.3 Å². The molecule has 0 aromatic heterocycles. The normalized spacial score (nSPS) is 11.8. The van der Waals surface area contributed by atoms with Gasteiger partial charge in [0.25, 0.3) is 0 Å². The Bertz CT molecular complexity index is 198. The van der Waals surface area contributed by atoms with E-state index in [-0.39, 0.29) is 0 Å². The summed E-state index contributed by atoms with van der Waals surface area (Å²) in [5.41, 5.74) is 1.10. The number of halogens is 1. The first kappa shape index (κ1) is 15.5. The van der Waals surface area contributed by atoms with E-state index in [2.05, 4.69) is 13.5 Å². The van der Waals surface area contributed by atoms with Crippen LogP contribution in [0.4, 0.5) is 0 Å². The summed E-state index contributed by atoms with van der Waals surface area (Å²) in [7, 11) is 0. The summed E-state index contributed by atoms with van der Waals surface area (Å²) in [4.78, 5) is 0. The van der Waals surface area contributed by atoms with E-state index in [9.17, 15) is 0 Å². The predicted octanol–water partition coefficient (Wildman–Crippen LogP) is 4.32. The minimum atomic E-state index is -0.491. The van der Waals surface area contributed by atoms with Gasteiger partial charge in [0.1, 0.15) is 0 Å². The van der Waals surface area contributed by atoms with Gasteiger partial charge in [-0.15, -0.1) is 0 Å². The first-order valence-electron chi connectivity index (χ1n) is 5.53. The molecule has 0 saturated heterocycles. The van der Waals surface area contributed by atoms with Crippen molar-refractivity contribution in [3.8, 4) is 0 Å². The van der Waals surface area contributed by atoms with E-state index in [0.717, 1.165) is 30.1 Å². The molecule has 0 saturated carbocycles. The molecule has 0 aliphatic rings. The van der Waals surface area contributed by atoms with E-state index in [1.54, 1.807) is 0 Å². The van der Waals surface area contributed by atoms with Crippen molar-refractivity contribution < 1.29 is 3.07 Å². The van der Waals surface area contributed by atoms with Crippen molar-refractivity contribution in [2.75, 3.05) is 6.61 Å². The summed E-state index contributed by atoms with van der Waals surface area (Å²) < 4.78 is 7.02. The van der Waals surface area contributed by atoms with Gasteiger partial charge in [-0.1, -0.05) is 0 Å². The van der Waals surface area contributed by atoms with Crippen LogP contribution < -0.4 is 0 Å². The molecule has 15 heavy (non-hydrogen) atoms. The van der Waals surface area contributed by atoms with Crippen LogP contribution in [0, 0.1) is 0 Å². The molecule has 0 aromatic carbocycles. The van der Waals surface area contributed by atoms with E-state index in [1.165, 1.54) is 17.3 Å². The van der Waals surface area contributed by atoms with Crippen LogP contribution in [0.1, 0.15) is 39.5 Å². The molecule has 0 bridgehead atoms. The fraction of sp³-hybridized carbons (Fsp3) is 0.667. The average Bonchev–Trinajstić information content (AvgIpc) is 2.15. The van der Waals surface area contributed by atoms with E-state index < -0.39 is 21.6 Å². The first-order chi connectivity index (χ1) is 7.16. The zero-order chi connectivity index (χ0) is 11.5. The van der Waals surface area contributed by atoms with Gasteiger partial charge in [-0.2, -0.15) is 0 Å². The Hall–Kier alpha value is 0.529. The van der Waals surface area contributed by atoms with E-state index >= 15 is 0 Å². The summed E-state index contributed by atoms with van der Waals surface area (Å²) in [6.45, 7) is 8.95. The Labute approximate surface area is 110 Å². The van der Waals surface area contributed by atoms with Gasteiger partial charge < -0.3 is 0 Å². The van der Waals surface area contributed by atoms with Gasteiger partial charge in [0.2, 0.25) is 0 Å². The molecule has 0 heterocycles. The van der Waals surface area contributed by atoms with Gasteiger partial charge in [-0.3, -0.25) is 0 Å². The molecule has 0 aliphatic carbocycles. The van der Waals surface area contributed by atoms with Crippen LogP contribution >= 0.6 is 11.6 Å². The quantitative estimate of drug-likeness (QED) is 0.346. The number of allylic oxidation sites excluding steroid dienone is 3. The van der Waals surface area contributed by atoms with Crippen molar-refractivity contribution in [2.45, 2.75) is 44.0 Å². The molecule has 2 radical (unpaired) electrons. The summed E-state index contributed by atoms with van der Waals surface area (Å²) >= 11 is 5.26. The molecule has 0 atom stereocenters. The molecule has 0 unspecified atom stereocenters. The van der Waals surface area contributed by atoms with E-state index in [1.807, 2.05) is 13.0 Å². The SMILES string of the molecule is C=C(/C=C(\C)Cl)CCC[O][Sn][CH2]CCC. The van der Waals surface area contributed by atoms with Gasteiger partial charge >= 0.3 is 110 Å². The molecular weight excluding hydrogens is 314 g/mol. The van der Waals surface area contributed by atoms with Gasteiger partial charge in [0.15, 0.2) is 0 Å². The van der Waals surface area contributed by atoms with Crippen LogP contribution in [0.3, 0.4) is 0 Å². The monoisotopic (exact) mass is 336 g/mol. The zero-order valence-corrected chi connectivity index (χ0v) is 13.4. The Balaban J connectivity index is 3.24. The average molecular weight is 335 g/mol. The van der Waals surface area contributed by atoms with Crippen molar-refractivity contribution in [3.63, 3.8) is 0 Å². The number of rotatable bonds is 9. The molecule has 0 aliphatic heterocycles. The first-order valence-corrected chi connectivity index (χ1v) is 9.09. The van der Waals surface area contributed by atoms with E-state index in [0.29, 0.717) is 0 Å². The second kappa shape index (κ2) is 11.0. The molecule has 0 spiro atoms. The molecule has 0 aromatic rings. The van der Waals surface area contributed by atoms with Crippen LogP contribution in [0.25, 0.3) is 0 Å². The predicted molar refractivity (Wildman–Crippen MR) is 69.4 cm³/mol. The Morgan fingerprint density at radius 2 is 2.20 bits per heavy atom. The van der Waals surface area contributed by atoms with Crippen LogP contribution in [0.2, 0.25) is 4.44 Å². The minimum absolute atomic E-state index is 0.491. The standard InChI is InChI=1S/C8H12ClO.C4H9.Sn/c1-7(4-3-5-10)6-8(2)9;1-3-4-2;/h6H,1,3-5H2,2H3;1,3-4H2,2H3;/q-1;;+1/b8-6+;;. The maximum absolute atomic E-state index is 5.75. The van der Waals surface area contributed by atoms with E-state index in [4.69, 9.17) is 14.7 Å². The molecule has 0 rings (SSSR count). The Morgan fingerprint density at radius 3 is 2.80 bits per heavy atom. The summed E-state index contributed by atoms with van der Waals surface area (Å²) in [6, 6.07) is 0. The Kier molecular flexibility index (Phi) is 11.4. The number of hydrogen-bond donors (Lipinski definition) is 0. The third-order valence-corrected chi connectivity index (χ3v) is 4.75. The second-order valence-corrected chi connectivity index (χ2v) is 7.26. The van der Waals surface area contributed by atoms with Crippen molar-refractivity contribution >= 4 is 33.2 Å². The molecule has 0 amide bonds. The van der Waals surface area contributed by atoms with Crippen molar-refractivity contribution in [3.05, 3.63) is 23.3 Å². The molecule has 0 fully saturated rings. The Morgan fingerprint density at radius 1 is 1.47 bits per heavy atom. The third-order valence-electron chi connectivity index (χ3n) is 1.88. The molecule has 1 nitrogen and oxygen atoms in total. The van der Waals surface area contributed by atoms with Gasteiger partial charge in [0.05, 0.1) is 0 Å². The molecule has 3 heteroatoms. The van der Waals surface area contributed by atoms with Gasteiger partial charge in [-0.05, 0) is 0 Å². The number of hydrogen-bond acceptors (Lipinski definition) is 1. The van der Waals surface area contributed by atoms with Crippen molar-refractivity contribution in [2.24, 2.45) is 0 Å². The second-order valence-electron chi connectivity index (χ2n) is 3.59. The molecule has 0 N–H and O–H groups in total. The summed E-state index contributed by atoms with van der Waals surface area (Å²) in [6.07, 6.45) is 6.64. The van der Waals surface area contributed by atoms with Gasteiger partial charge in [0, 0.05) is 0 Å². The molecule has 86 valence electrons. The zero-order valence-electron chi connectivity index (χ0n) is 9.81. The topological polar surface area (TPSA) is 9.23 Å². The van der Waals surface area contributed by atoms with Gasteiger partial charge in [-0.25, -0.2) is 0 Å². The fourth-order valence-electron chi connectivity index (χ4n) is 1.12.